The fourth-order valence-corrected chi connectivity index (χ4v) is 3.80. The van der Waals surface area contributed by atoms with Crippen molar-refractivity contribution in [3.8, 4) is 17.2 Å². The average Bonchev–Trinajstić information content (AvgIpc) is 2.83. The van der Waals surface area contributed by atoms with Gasteiger partial charge < -0.3 is 14.8 Å². The number of rotatable bonds is 6. The van der Waals surface area contributed by atoms with E-state index in [4.69, 9.17) is 21.1 Å². The minimum Gasteiger partial charge on any atom is -0.493 e. The normalized spacial score (nSPS) is 10.8. The Morgan fingerprint density at radius 3 is 2.36 bits per heavy atom. The molecule has 8 nitrogen and oxygen atoms in total. The summed E-state index contributed by atoms with van der Waals surface area (Å²) in [5.41, 5.74) is -0.129. The number of ether oxygens (including phenoxy) is 2. The third kappa shape index (κ3) is 4.20. The van der Waals surface area contributed by atoms with Gasteiger partial charge in [-0.15, -0.1) is 0 Å². The first-order valence-electron chi connectivity index (χ1n) is 9.96. The minimum atomic E-state index is -0.672. The van der Waals surface area contributed by atoms with E-state index in [1.54, 1.807) is 66.7 Å². The summed E-state index contributed by atoms with van der Waals surface area (Å²) >= 11 is 6.26. The molecule has 0 aliphatic heterocycles. The summed E-state index contributed by atoms with van der Waals surface area (Å²) in [5, 5.41) is 3.28. The standard InChI is InChI=1S/C24H20ClN3O5/c1-32-20-12-11-15(13-21(20)33-2)26-22(29)14-27-18-9-5-3-7-16(18)23(30)28(24(27)31)19-10-6-4-8-17(19)25/h3-13H,14H2,1-2H3,(H,26,29). The fourth-order valence-electron chi connectivity index (χ4n) is 3.58. The predicted octanol–water partition coefficient (Wildman–Crippen LogP) is 3.46. The molecule has 0 aliphatic rings. The van der Waals surface area contributed by atoms with Crippen molar-refractivity contribution in [3.63, 3.8) is 0 Å². The van der Waals surface area contributed by atoms with E-state index < -0.39 is 17.2 Å². The van der Waals surface area contributed by atoms with Crippen LogP contribution in [-0.2, 0) is 11.3 Å². The second-order valence-corrected chi connectivity index (χ2v) is 7.50. The number of hydrogen-bond acceptors (Lipinski definition) is 5. The van der Waals surface area contributed by atoms with Gasteiger partial charge in [-0.3, -0.25) is 14.2 Å². The number of nitrogens with one attached hydrogen (secondary N) is 1. The van der Waals surface area contributed by atoms with E-state index in [1.807, 2.05) is 0 Å². The number of para-hydroxylation sites is 2. The first kappa shape index (κ1) is 22.2. The number of fused-ring (bicyclic) bond motifs is 1. The molecule has 0 bridgehead atoms. The molecule has 9 heteroatoms. The molecule has 4 rings (SSSR count). The largest absolute Gasteiger partial charge is 0.493 e. The minimum absolute atomic E-state index is 0.244. The van der Waals surface area contributed by atoms with Crippen LogP contribution in [0.5, 0.6) is 11.5 Å². The van der Waals surface area contributed by atoms with Gasteiger partial charge in [-0.25, -0.2) is 9.36 Å². The summed E-state index contributed by atoms with van der Waals surface area (Å²) in [6, 6.07) is 18.1. The zero-order valence-corrected chi connectivity index (χ0v) is 18.6. The topological polar surface area (TPSA) is 91.6 Å². The Hall–Kier alpha value is -4.04. The van der Waals surface area contributed by atoms with E-state index in [9.17, 15) is 14.4 Å². The van der Waals surface area contributed by atoms with Gasteiger partial charge >= 0.3 is 5.69 Å². The Morgan fingerprint density at radius 1 is 0.939 bits per heavy atom. The van der Waals surface area contributed by atoms with Gasteiger partial charge in [0.15, 0.2) is 11.5 Å². The average molecular weight is 466 g/mol. The molecule has 0 saturated heterocycles. The van der Waals surface area contributed by atoms with Crippen LogP contribution in [0, 0.1) is 0 Å². The molecule has 0 spiro atoms. The molecule has 168 valence electrons. The quantitative estimate of drug-likeness (QED) is 0.471. The van der Waals surface area contributed by atoms with Crippen molar-refractivity contribution in [3.05, 3.63) is 92.6 Å². The number of nitrogens with zero attached hydrogens (tertiary/aromatic N) is 2. The monoisotopic (exact) mass is 465 g/mol. The highest BCUT2D eigenvalue weighted by molar-refractivity contribution is 6.32. The molecule has 1 N–H and O–H groups in total. The van der Waals surface area contributed by atoms with E-state index in [-0.39, 0.29) is 22.6 Å². The van der Waals surface area contributed by atoms with Gasteiger partial charge in [0, 0.05) is 11.8 Å². The molecule has 3 aromatic carbocycles. The maximum Gasteiger partial charge on any atom is 0.336 e. The number of anilines is 1. The van der Waals surface area contributed by atoms with Crippen LogP contribution in [-0.4, -0.2) is 29.3 Å². The summed E-state index contributed by atoms with van der Waals surface area (Å²) in [6.07, 6.45) is 0. The Labute approximate surface area is 193 Å². The molecule has 0 atom stereocenters. The molecule has 0 fully saturated rings. The number of halogens is 1. The highest BCUT2D eigenvalue weighted by Gasteiger charge is 2.18. The Morgan fingerprint density at radius 2 is 1.64 bits per heavy atom. The number of benzene rings is 3. The van der Waals surface area contributed by atoms with Crippen molar-refractivity contribution < 1.29 is 14.3 Å². The fraction of sp³-hybridized carbons (Fsp3) is 0.125. The molecule has 33 heavy (non-hydrogen) atoms. The second-order valence-electron chi connectivity index (χ2n) is 7.10. The van der Waals surface area contributed by atoms with Gasteiger partial charge in [-0.1, -0.05) is 35.9 Å². The van der Waals surface area contributed by atoms with E-state index in [1.165, 1.54) is 18.8 Å². The number of hydrogen-bond donors (Lipinski definition) is 1. The molecular formula is C24H20ClN3O5. The van der Waals surface area contributed by atoms with E-state index in [0.717, 1.165) is 4.57 Å². The van der Waals surface area contributed by atoms with Crippen LogP contribution in [0.3, 0.4) is 0 Å². The highest BCUT2D eigenvalue weighted by Crippen LogP contribution is 2.29. The van der Waals surface area contributed by atoms with Crippen molar-refractivity contribution in [2.45, 2.75) is 6.54 Å². The van der Waals surface area contributed by atoms with Crippen molar-refractivity contribution in [1.29, 1.82) is 0 Å². The Kier molecular flexibility index (Phi) is 6.19. The van der Waals surface area contributed by atoms with Crippen LogP contribution in [0.2, 0.25) is 5.02 Å². The summed E-state index contributed by atoms with van der Waals surface area (Å²) < 4.78 is 12.7. The zero-order chi connectivity index (χ0) is 23.5. The predicted molar refractivity (Wildman–Crippen MR) is 127 cm³/mol. The molecule has 0 aliphatic carbocycles. The molecule has 1 aromatic heterocycles. The van der Waals surface area contributed by atoms with Gasteiger partial charge in [-0.2, -0.15) is 0 Å². The van der Waals surface area contributed by atoms with Gasteiger partial charge in [0.1, 0.15) is 6.54 Å². The Bertz CT molecular complexity index is 1480. The number of methoxy groups -OCH3 is 2. The Balaban J connectivity index is 1.78. The summed E-state index contributed by atoms with van der Waals surface area (Å²) in [5.74, 6) is 0.508. The molecular weight excluding hydrogens is 446 g/mol. The first-order chi connectivity index (χ1) is 15.9. The number of carbonyl (C=O) groups excluding carboxylic acids is 1. The molecule has 1 heterocycles. The van der Waals surface area contributed by atoms with Crippen LogP contribution >= 0.6 is 11.6 Å². The van der Waals surface area contributed by atoms with Crippen LogP contribution in [0.15, 0.2) is 76.3 Å². The zero-order valence-electron chi connectivity index (χ0n) is 17.9. The van der Waals surface area contributed by atoms with Crippen molar-refractivity contribution in [1.82, 2.24) is 9.13 Å². The van der Waals surface area contributed by atoms with Crippen LogP contribution in [0.25, 0.3) is 16.6 Å². The van der Waals surface area contributed by atoms with Crippen molar-refractivity contribution in [2.24, 2.45) is 0 Å². The van der Waals surface area contributed by atoms with Crippen LogP contribution in [0.1, 0.15) is 0 Å². The van der Waals surface area contributed by atoms with E-state index in [0.29, 0.717) is 22.7 Å². The molecule has 0 saturated carbocycles. The second kappa shape index (κ2) is 9.22. The van der Waals surface area contributed by atoms with E-state index >= 15 is 0 Å². The maximum atomic E-state index is 13.4. The molecule has 0 unspecified atom stereocenters. The lowest BCUT2D eigenvalue weighted by Crippen LogP contribution is -2.41. The highest BCUT2D eigenvalue weighted by atomic mass is 35.5. The summed E-state index contributed by atoms with van der Waals surface area (Å²) in [4.78, 5) is 39.4. The smallest absolute Gasteiger partial charge is 0.336 e. The van der Waals surface area contributed by atoms with Gasteiger partial charge in [0.2, 0.25) is 5.91 Å². The van der Waals surface area contributed by atoms with Crippen molar-refractivity contribution in [2.75, 3.05) is 19.5 Å². The molecule has 0 radical (unpaired) electrons. The SMILES string of the molecule is COc1ccc(NC(=O)Cn2c(=O)n(-c3ccccc3Cl)c(=O)c3ccccc32)cc1OC. The lowest BCUT2D eigenvalue weighted by Gasteiger charge is -2.15. The lowest BCUT2D eigenvalue weighted by molar-refractivity contribution is -0.116. The maximum absolute atomic E-state index is 13.4. The first-order valence-corrected chi connectivity index (χ1v) is 10.3. The van der Waals surface area contributed by atoms with Crippen LogP contribution < -0.4 is 26.0 Å². The van der Waals surface area contributed by atoms with Crippen molar-refractivity contribution >= 4 is 34.1 Å². The van der Waals surface area contributed by atoms with Gasteiger partial charge in [0.05, 0.1) is 35.8 Å². The van der Waals surface area contributed by atoms with Gasteiger partial charge in [-0.05, 0) is 36.4 Å². The summed E-state index contributed by atoms with van der Waals surface area (Å²) in [6.45, 7) is -0.321. The van der Waals surface area contributed by atoms with Crippen LogP contribution in [0.4, 0.5) is 5.69 Å². The molecule has 4 aromatic rings. The van der Waals surface area contributed by atoms with Gasteiger partial charge in [0.25, 0.3) is 5.56 Å². The third-order valence-electron chi connectivity index (χ3n) is 5.11. The molecule has 1 amide bonds. The van der Waals surface area contributed by atoms with E-state index in [2.05, 4.69) is 5.32 Å². The number of carbonyl (C=O) groups is 1. The summed E-state index contributed by atoms with van der Waals surface area (Å²) in [7, 11) is 3.01. The third-order valence-corrected chi connectivity index (χ3v) is 5.43. The lowest BCUT2D eigenvalue weighted by atomic mass is 10.2. The number of aromatic nitrogens is 2. The number of amides is 1.